The van der Waals surface area contributed by atoms with Gasteiger partial charge in [0.2, 0.25) is 0 Å². The van der Waals surface area contributed by atoms with Gasteiger partial charge >= 0.3 is 0 Å². The molecule has 5 fully saturated rings. The van der Waals surface area contributed by atoms with Crippen molar-refractivity contribution in [3.05, 3.63) is 29.3 Å². The second-order valence-electron chi connectivity index (χ2n) is 12.6. The van der Waals surface area contributed by atoms with Crippen molar-refractivity contribution in [2.24, 2.45) is 23.2 Å². The van der Waals surface area contributed by atoms with E-state index in [2.05, 4.69) is 50.1 Å². The molecule has 178 valence electrons. The molecule has 1 saturated heterocycles. The third kappa shape index (κ3) is 2.18. The van der Waals surface area contributed by atoms with Crippen LogP contribution in [-0.4, -0.2) is 47.0 Å². The summed E-state index contributed by atoms with van der Waals surface area (Å²) in [6, 6.07) is 6.86. The standard InChI is InChI=1S/C28H38N2O3/c1-17(2)12-24(4,31)22-14-25-9-10-28(22,33-6)18(3)27(25)15-26(23(25)30(26)16-29)13-19-7-8-20(32-5)11-21(19)27/h7-8,11,17-18,22-23,31H,9-10,12-15H2,1-6H3/t18?,22?,23?,24?,25?,26-,27-,28?,30?/m1/s1. The minimum atomic E-state index is -0.805. The zero-order valence-corrected chi connectivity index (χ0v) is 20.9. The normalized spacial score (nSPS) is 45.7. The van der Waals surface area contributed by atoms with E-state index in [-0.39, 0.29) is 39.8 Å². The molecule has 5 nitrogen and oxygen atoms in total. The molecular weight excluding hydrogens is 412 g/mol. The number of aliphatic hydroxyl groups is 1. The van der Waals surface area contributed by atoms with Crippen LogP contribution in [0.15, 0.2) is 18.2 Å². The summed E-state index contributed by atoms with van der Waals surface area (Å²) >= 11 is 0. The van der Waals surface area contributed by atoms with Gasteiger partial charge in [0.25, 0.3) is 0 Å². The number of likely N-dealkylation sites (tertiary alicyclic amines) is 1. The highest BCUT2D eigenvalue weighted by molar-refractivity contribution is 5.58. The lowest BCUT2D eigenvalue weighted by molar-refractivity contribution is -0.270. The first-order valence-corrected chi connectivity index (χ1v) is 12.7. The van der Waals surface area contributed by atoms with Crippen molar-refractivity contribution in [2.75, 3.05) is 14.2 Å². The van der Waals surface area contributed by atoms with Crippen molar-refractivity contribution in [3.8, 4) is 11.9 Å². The third-order valence-electron chi connectivity index (χ3n) is 11.1. The smallest absolute Gasteiger partial charge is 0.180 e. The summed E-state index contributed by atoms with van der Waals surface area (Å²) in [7, 11) is 3.61. The van der Waals surface area contributed by atoms with Crippen LogP contribution in [0.3, 0.4) is 0 Å². The Hall–Kier alpha value is -1.77. The van der Waals surface area contributed by atoms with E-state index in [1.54, 1.807) is 7.11 Å². The van der Waals surface area contributed by atoms with Gasteiger partial charge in [-0.05, 0) is 80.5 Å². The summed E-state index contributed by atoms with van der Waals surface area (Å²) < 4.78 is 12.2. The van der Waals surface area contributed by atoms with E-state index < -0.39 is 5.60 Å². The molecule has 6 unspecified atom stereocenters. The number of benzene rings is 1. The number of piperidine rings is 1. The van der Waals surface area contributed by atoms with Gasteiger partial charge in [-0.1, -0.05) is 26.8 Å². The molecule has 8 atom stereocenters. The predicted octanol–water partition coefficient (Wildman–Crippen LogP) is 4.42. The van der Waals surface area contributed by atoms with Crippen molar-refractivity contribution in [2.45, 2.75) is 94.4 Å². The number of nitrogens with zero attached hydrogens (tertiary/aromatic N) is 2. The Labute approximate surface area is 198 Å². The molecule has 1 aromatic carbocycles. The number of methoxy groups -OCH3 is 2. The SMILES string of the molecule is COc1ccc2c(c1)[C@]13C[C@]4(C2)C(N4C#N)C12CCC(OC)(C(C(C)(O)CC(C)C)C2)C3C. The van der Waals surface area contributed by atoms with Gasteiger partial charge in [0.15, 0.2) is 6.19 Å². The Morgan fingerprint density at radius 2 is 2.06 bits per heavy atom. The quantitative estimate of drug-likeness (QED) is 0.532. The Bertz CT molecular complexity index is 1060. The molecule has 0 radical (unpaired) electrons. The maximum Gasteiger partial charge on any atom is 0.180 e. The molecule has 3 spiro atoms. The molecule has 1 aromatic rings. The van der Waals surface area contributed by atoms with Crippen molar-refractivity contribution in [3.63, 3.8) is 0 Å². The van der Waals surface area contributed by atoms with E-state index in [1.165, 1.54) is 11.1 Å². The van der Waals surface area contributed by atoms with Crippen LogP contribution in [0.1, 0.15) is 70.9 Å². The molecule has 0 aromatic heterocycles. The Morgan fingerprint density at radius 1 is 1.30 bits per heavy atom. The maximum absolute atomic E-state index is 11.9. The van der Waals surface area contributed by atoms with Crippen molar-refractivity contribution in [1.82, 2.24) is 4.90 Å². The zero-order chi connectivity index (χ0) is 23.6. The Morgan fingerprint density at radius 3 is 2.70 bits per heavy atom. The number of ether oxygens (including phenoxy) is 2. The highest BCUT2D eigenvalue weighted by atomic mass is 16.5. The summed E-state index contributed by atoms with van der Waals surface area (Å²) in [5.41, 5.74) is 1.49. The second-order valence-corrected chi connectivity index (χ2v) is 12.6. The minimum Gasteiger partial charge on any atom is -0.497 e. The number of hydrogen-bond acceptors (Lipinski definition) is 5. The van der Waals surface area contributed by atoms with Crippen LogP contribution >= 0.6 is 0 Å². The van der Waals surface area contributed by atoms with Crippen molar-refractivity contribution < 1.29 is 14.6 Å². The van der Waals surface area contributed by atoms with Gasteiger partial charge in [-0.3, -0.25) is 4.90 Å². The lowest BCUT2D eigenvalue weighted by atomic mass is 9.36. The fraction of sp³-hybridized carbons (Fsp3) is 0.750. The van der Waals surface area contributed by atoms with Crippen LogP contribution in [0.25, 0.3) is 0 Å². The molecule has 0 amide bonds. The van der Waals surface area contributed by atoms with Gasteiger partial charge in [-0.2, -0.15) is 5.26 Å². The van der Waals surface area contributed by atoms with Crippen LogP contribution in [0.2, 0.25) is 0 Å². The zero-order valence-electron chi connectivity index (χ0n) is 20.9. The number of nitriles is 1. The van der Waals surface area contributed by atoms with Gasteiger partial charge in [0.1, 0.15) is 5.75 Å². The number of rotatable bonds is 5. The molecule has 1 N–H and O–H groups in total. The lowest BCUT2D eigenvalue weighted by Gasteiger charge is -2.71. The van der Waals surface area contributed by atoms with Crippen molar-refractivity contribution >= 4 is 0 Å². The summed E-state index contributed by atoms with van der Waals surface area (Å²) in [6.07, 6.45) is 8.24. The van der Waals surface area contributed by atoms with E-state index in [0.717, 1.165) is 44.3 Å². The monoisotopic (exact) mass is 450 g/mol. The largest absolute Gasteiger partial charge is 0.497 e. The van der Waals surface area contributed by atoms with Crippen LogP contribution in [0, 0.1) is 34.6 Å². The molecule has 7 rings (SSSR count). The van der Waals surface area contributed by atoms with Gasteiger partial charge in [-0.15, -0.1) is 0 Å². The Balaban J connectivity index is 1.59. The predicted molar refractivity (Wildman–Crippen MR) is 126 cm³/mol. The first-order valence-electron chi connectivity index (χ1n) is 12.7. The van der Waals surface area contributed by atoms with E-state index >= 15 is 0 Å². The van der Waals surface area contributed by atoms with E-state index in [9.17, 15) is 10.4 Å². The van der Waals surface area contributed by atoms with E-state index in [4.69, 9.17) is 9.47 Å². The average molecular weight is 451 g/mol. The summed E-state index contributed by atoms with van der Waals surface area (Å²) in [5.74, 6) is 1.62. The summed E-state index contributed by atoms with van der Waals surface area (Å²) in [5, 5.41) is 22.1. The van der Waals surface area contributed by atoms with Crippen LogP contribution in [0.5, 0.6) is 5.75 Å². The van der Waals surface area contributed by atoms with Gasteiger partial charge in [-0.25, -0.2) is 0 Å². The van der Waals surface area contributed by atoms with E-state index in [0.29, 0.717) is 5.92 Å². The minimum absolute atomic E-state index is 0.0221. The Kier molecular flexibility index (Phi) is 4.12. The molecule has 1 aliphatic heterocycles. The average Bonchev–Trinajstić information content (AvgIpc) is 3.34. The van der Waals surface area contributed by atoms with Crippen LogP contribution in [0.4, 0.5) is 0 Å². The first kappa shape index (κ1) is 21.7. The van der Waals surface area contributed by atoms with Crippen LogP contribution in [-0.2, 0) is 16.6 Å². The molecule has 6 aliphatic rings. The maximum atomic E-state index is 11.9. The first-order chi connectivity index (χ1) is 15.6. The summed E-state index contributed by atoms with van der Waals surface area (Å²) in [6.45, 7) is 8.81. The van der Waals surface area contributed by atoms with E-state index in [1.807, 2.05) is 14.0 Å². The lowest BCUT2D eigenvalue weighted by Crippen LogP contribution is -2.74. The molecular formula is C28H38N2O3. The van der Waals surface area contributed by atoms with Crippen molar-refractivity contribution in [1.29, 1.82) is 5.26 Å². The highest BCUT2D eigenvalue weighted by Crippen LogP contribution is 2.84. The molecule has 5 aliphatic carbocycles. The summed E-state index contributed by atoms with van der Waals surface area (Å²) in [4.78, 5) is 2.13. The third-order valence-corrected chi connectivity index (χ3v) is 11.1. The molecule has 1 heterocycles. The molecule has 5 heteroatoms. The molecule has 4 saturated carbocycles. The number of fused-ring (bicyclic) bond motifs is 3. The van der Waals surface area contributed by atoms with Crippen LogP contribution < -0.4 is 4.74 Å². The van der Waals surface area contributed by atoms with Gasteiger partial charge < -0.3 is 14.6 Å². The second kappa shape index (κ2) is 6.26. The number of hydrogen-bond donors (Lipinski definition) is 1. The molecule has 4 bridgehead atoms. The van der Waals surface area contributed by atoms with Gasteiger partial charge in [0.05, 0.1) is 29.9 Å². The molecule has 33 heavy (non-hydrogen) atoms. The highest BCUT2D eigenvalue weighted by Gasteiger charge is 2.90. The fourth-order valence-corrected chi connectivity index (χ4v) is 10.3. The fourth-order valence-electron chi connectivity index (χ4n) is 10.3. The topological polar surface area (TPSA) is 65.5 Å². The van der Waals surface area contributed by atoms with Gasteiger partial charge in [0, 0.05) is 23.9 Å².